The first-order valence-corrected chi connectivity index (χ1v) is 6.53. The van der Waals surface area contributed by atoms with E-state index >= 15 is 0 Å². The summed E-state index contributed by atoms with van der Waals surface area (Å²) < 4.78 is 0. The third kappa shape index (κ3) is 9.79. The van der Waals surface area contributed by atoms with Crippen molar-refractivity contribution in [3.8, 4) is 6.07 Å². The van der Waals surface area contributed by atoms with Crippen LogP contribution in [0.2, 0.25) is 0 Å². The summed E-state index contributed by atoms with van der Waals surface area (Å²) in [7, 11) is 0. The van der Waals surface area contributed by atoms with Crippen LogP contribution in [0.15, 0.2) is 0 Å². The van der Waals surface area contributed by atoms with Crippen molar-refractivity contribution in [2.45, 2.75) is 78.6 Å². The van der Waals surface area contributed by atoms with E-state index in [0.717, 1.165) is 6.42 Å². The second-order valence-corrected chi connectivity index (χ2v) is 5.22. The first-order chi connectivity index (χ1) is 7.12. The molecule has 1 heteroatoms. The summed E-state index contributed by atoms with van der Waals surface area (Å²) in [6, 6.07) is 2.36. The number of hydrogen-bond donors (Lipinski definition) is 0. The maximum absolute atomic E-state index is 8.84. The van der Waals surface area contributed by atoms with Gasteiger partial charge in [0.1, 0.15) is 0 Å². The van der Waals surface area contributed by atoms with Crippen LogP contribution in [0.25, 0.3) is 0 Å². The molecule has 0 saturated heterocycles. The quantitative estimate of drug-likeness (QED) is 0.486. The Labute approximate surface area is 95.9 Å². The minimum atomic E-state index is -0.109. The highest BCUT2D eigenvalue weighted by atomic mass is 14.3. The average Bonchev–Trinajstić information content (AvgIpc) is 2.22. The molecule has 0 aromatic rings. The third-order valence-electron chi connectivity index (χ3n) is 2.96. The van der Waals surface area contributed by atoms with Crippen LogP contribution in [0.5, 0.6) is 0 Å². The smallest absolute Gasteiger partial charge is 0.0683 e. The molecular formula is C14H27N. The molecule has 0 N–H and O–H groups in total. The first kappa shape index (κ1) is 14.5. The van der Waals surface area contributed by atoms with E-state index in [1.54, 1.807) is 0 Å². The van der Waals surface area contributed by atoms with Crippen LogP contribution in [0.4, 0.5) is 0 Å². The van der Waals surface area contributed by atoms with Gasteiger partial charge < -0.3 is 0 Å². The molecule has 0 bridgehead atoms. The summed E-state index contributed by atoms with van der Waals surface area (Å²) in [4.78, 5) is 0. The third-order valence-corrected chi connectivity index (χ3v) is 2.96. The zero-order chi connectivity index (χ0) is 11.6. The fraction of sp³-hybridized carbons (Fsp3) is 0.929. The summed E-state index contributed by atoms with van der Waals surface area (Å²) >= 11 is 0. The molecule has 0 radical (unpaired) electrons. The van der Waals surface area contributed by atoms with Crippen LogP contribution in [0.3, 0.4) is 0 Å². The largest absolute Gasteiger partial charge is 0.198 e. The Morgan fingerprint density at radius 3 is 1.80 bits per heavy atom. The zero-order valence-corrected chi connectivity index (χ0v) is 10.8. The van der Waals surface area contributed by atoms with E-state index in [-0.39, 0.29) is 5.41 Å². The normalized spacial score (nSPS) is 11.3. The standard InChI is InChI=1S/C14H27N/c1-4-5-6-7-8-9-10-11-12-14(2,3)13-15/h4-12H2,1-3H3. The van der Waals surface area contributed by atoms with E-state index in [9.17, 15) is 0 Å². The highest BCUT2D eigenvalue weighted by Crippen LogP contribution is 2.22. The predicted octanol–water partition coefficient (Wildman–Crippen LogP) is 5.07. The molecule has 0 saturated carbocycles. The lowest BCUT2D eigenvalue weighted by atomic mass is 9.88. The van der Waals surface area contributed by atoms with Crippen molar-refractivity contribution in [3.05, 3.63) is 0 Å². The van der Waals surface area contributed by atoms with Crippen molar-refractivity contribution in [1.29, 1.82) is 5.26 Å². The summed E-state index contributed by atoms with van der Waals surface area (Å²) in [5.41, 5.74) is -0.109. The Kier molecular flexibility index (Phi) is 8.47. The van der Waals surface area contributed by atoms with Crippen LogP contribution >= 0.6 is 0 Å². The Bertz CT molecular complexity index is 176. The minimum absolute atomic E-state index is 0.109. The van der Waals surface area contributed by atoms with E-state index in [1.807, 2.05) is 13.8 Å². The van der Waals surface area contributed by atoms with Gasteiger partial charge in [-0.2, -0.15) is 5.26 Å². The van der Waals surface area contributed by atoms with Crippen molar-refractivity contribution >= 4 is 0 Å². The molecule has 0 unspecified atom stereocenters. The number of nitriles is 1. The highest BCUT2D eigenvalue weighted by Gasteiger charge is 2.14. The van der Waals surface area contributed by atoms with Gasteiger partial charge >= 0.3 is 0 Å². The summed E-state index contributed by atoms with van der Waals surface area (Å²) in [6.45, 7) is 6.33. The number of hydrogen-bond acceptors (Lipinski definition) is 1. The fourth-order valence-electron chi connectivity index (χ4n) is 1.76. The molecule has 0 heterocycles. The maximum atomic E-state index is 8.84. The number of rotatable bonds is 9. The van der Waals surface area contributed by atoms with Gasteiger partial charge in [0.05, 0.1) is 11.5 Å². The van der Waals surface area contributed by atoms with Crippen molar-refractivity contribution in [2.75, 3.05) is 0 Å². The van der Waals surface area contributed by atoms with Crippen molar-refractivity contribution in [2.24, 2.45) is 5.41 Å². The van der Waals surface area contributed by atoms with Gasteiger partial charge in [-0.1, -0.05) is 58.3 Å². The Balaban J connectivity index is 3.16. The molecule has 0 aromatic heterocycles. The number of unbranched alkanes of at least 4 members (excludes halogenated alkanes) is 7. The molecule has 0 aliphatic carbocycles. The lowest BCUT2D eigenvalue weighted by Crippen LogP contribution is -2.06. The second-order valence-electron chi connectivity index (χ2n) is 5.22. The summed E-state index contributed by atoms with van der Waals surface area (Å²) in [5.74, 6) is 0. The van der Waals surface area contributed by atoms with Crippen LogP contribution in [-0.4, -0.2) is 0 Å². The Morgan fingerprint density at radius 1 is 0.867 bits per heavy atom. The van der Waals surface area contributed by atoms with Gasteiger partial charge in [-0.15, -0.1) is 0 Å². The SMILES string of the molecule is CCCCCCCCCCC(C)(C)C#N. The van der Waals surface area contributed by atoms with Crippen LogP contribution in [0, 0.1) is 16.7 Å². The second kappa shape index (κ2) is 8.77. The van der Waals surface area contributed by atoms with Crippen molar-refractivity contribution in [3.63, 3.8) is 0 Å². The molecule has 88 valence electrons. The van der Waals surface area contributed by atoms with Crippen molar-refractivity contribution < 1.29 is 0 Å². The number of nitrogens with zero attached hydrogens (tertiary/aromatic N) is 1. The molecule has 1 nitrogen and oxygen atoms in total. The highest BCUT2D eigenvalue weighted by molar-refractivity contribution is 4.91. The lowest BCUT2D eigenvalue weighted by Gasteiger charge is -2.13. The topological polar surface area (TPSA) is 23.8 Å². The summed E-state index contributed by atoms with van der Waals surface area (Å²) in [5, 5.41) is 8.84. The van der Waals surface area contributed by atoms with E-state index in [4.69, 9.17) is 5.26 Å². The minimum Gasteiger partial charge on any atom is -0.198 e. The van der Waals surface area contributed by atoms with E-state index in [0.29, 0.717) is 0 Å². The van der Waals surface area contributed by atoms with Gasteiger partial charge in [-0.05, 0) is 20.3 Å². The van der Waals surface area contributed by atoms with Gasteiger partial charge in [0.15, 0.2) is 0 Å². The van der Waals surface area contributed by atoms with Gasteiger partial charge in [-0.25, -0.2) is 0 Å². The summed E-state index contributed by atoms with van der Waals surface area (Å²) in [6.07, 6.45) is 11.8. The van der Waals surface area contributed by atoms with Gasteiger partial charge in [0.2, 0.25) is 0 Å². The van der Waals surface area contributed by atoms with E-state index in [1.165, 1.54) is 51.4 Å². The van der Waals surface area contributed by atoms with Crippen LogP contribution in [0.1, 0.15) is 78.6 Å². The molecule has 0 atom stereocenters. The Morgan fingerprint density at radius 2 is 1.33 bits per heavy atom. The van der Waals surface area contributed by atoms with E-state index in [2.05, 4.69) is 13.0 Å². The van der Waals surface area contributed by atoms with E-state index < -0.39 is 0 Å². The lowest BCUT2D eigenvalue weighted by molar-refractivity contribution is 0.418. The predicted molar refractivity (Wildman–Crippen MR) is 66.6 cm³/mol. The Hall–Kier alpha value is -0.510. The monoisotopic (exact) mass is 209 g/mol. The van der Waals surface area contributed by atoms with Crippen molar-refractivity contribution in [1.82, 2.24) is 0 Å². The molecule has 0 fully saturated rings. The molecule has 0 rings (SSSR count). The first-order valence-electron chi connectivity index (χ1n) is 6.53. The molecule has 0 aliphatic rings. The average molecular weight is 209 g/mol. The fourth-order valence-corrected chi connectivity index (χ4v) is 1.76. The van der Waals surface area contributed by atoms with Gasteiger partial charge in [0.25, 0.3) is 0 Å². The molecule has 15 heavy (non-hydrogen) atoms. The molecule has 0 aliphatic heterocycles. The van der Waals surface area contributed by atoms with Crippen LogP contribution in [-0.2, 0) is 0 Å². The van der Waals surface area contributed by atoms with Gasteiger partial charge in [-0.3, -0.25) is 0 Å². The van der Waals surface area contributed by atoms with Crippen LogP contribution < -0.4 is 0 Å². The molecule has 0 amide bonds. The molecule has 0 aromatic carbocycles. The maximum Gasteiger partial charge on any atom is 0.0683 e. The molecule has 0 spiro atoms. The zero-order valence-electron chi connectivity index (χ0n) is 10.8. The van der Waals surface area contributed by atoms with Gasteiger partial charge in [0, 0.05) is 0 Å². The molecular weight excluding hydrogens is 182 g/mol.